The minimum Gasteiger partial charge on any atom is -0.326 e. The summed E-state index contributed by atoms with van der Waals surface area (Å²) in [6, 6.07) is 21.1. The molecular formula is C27H20F3N5O3S. The Morgan fingerprint density at radius 3 is 2.49 bits per heavy atom. The first-order valence-corrected chi connectivity index (χ1v) is 12.5. The second kappa shape index (κ2) is 10.7. The Kier molecular flexibility index (Phi) is 7.11. The molecule has 0 radical (unpaired) electrons. The van der Waals surface area contributed by atoms with Crippen LogP contribution in [0.4, 0.5) is 36.3 Å². The van der Waals surface area contributed by atoms with Crippen molar-refractivity contribution in [1.82, 2.24) is 9.97 Å². The number of hydrogen-bond acceptors (Lipinski definition) is 6. The van der Waals surface area contributed by atoms with Gasteiger partial charge in [-0.3, -0.25) is 19.4 Å². The highest BCUT2D eigenvalue weighted by atomic mass is 32.2. The highest BCUT2D eigenvalue weighted by Crippen LogP contribution is 2.36. The lowest BCUT2D eigenvalue weighted by molar-refractivity contribution is -0.137. The van der Waals surface area contributed by atoms with E-state index in [1.165, 1.54) is 23.9 Å². The summed E-state index contributed by atoms with van der Waals surface area (Å²) in [7, 11) is 0. The van der Waals surface area contributed by atoms with Gasteiger partial charge in [-0.1, -0.05) is 48.2 Å². The van der Waals surface area contributed by atoms with E-state index in [4.69, 9.17) is 0 Å². The lowest BCUT2D eigenvalue weighted by Gasteiger charge is -2.24. The van der Waals surface area contributed by atoms with E-state index in [2.05, 4.69) is 25.9 Å². The number of carbonyl (C=O) groups excluding carboxylic acids is 2. The van der Waals surface area contributed by atoms with Gasteiger partial charge >= 0.3 is 6.18 Å². The van der Waals surface area contributed by atoms with Crippen LogP contribution in [0.2, 0.25) is 0 Å². The molecule has 4 aromatic rings. The van der Waals surface area contributed by atoms with Gasteiger partial charge in [0.25, 0.3) is 5.56 Å². The number of anilines is 4. The molecule has 0 fully saturated rings. The highest BCUT2D eigenvalue weighted by Gasteiger charge is 2.35. The summed E-state index contributed by atoms with van der Waals surface area (Å²) in [5.74, 6) is -2.57. The largest absolute Gasteiger partial charge is 0.416 e. The number of nitrogens with zero attached hydrogens (tertiary/aromatic N) is 1. The van der Waals surface area contributed by atoms with Crippen molar-refractivity contribution >= 4 is 46.7 Å². The first-order chi connectivity index (χ1) is 18.7. The number of para-hydroxylation sites is 1. The molecule has 1 aliphatic heterocycles. The van der Waals surface area contributed by atoms with Crippen LogP contribution in [0, 0.1) is 0 Å². The molecule has 1 aliphatic rings. The molecule has 0 bridgehead atoms. The van der Waals surface area contributed by atoms with Crippen molar-refractivity contribution in [2.75, 3.05) is 16.0 Å². The van der Waals surface area contributed by atoms with Gasteiger partial charge < -0.3 is 16.0 Å². The molecule has 1 unspecified atom stereocenters. The van der Waals surface area contributed by atoms with Gasteiger partial charge in [-0.25, -0.2) is 0 Å². The number of benzene rings is 3. The zero-order valence-electron chi connectivity index (χ0n) is 20.0. The fourth-order valence-electron chi connectivity index (χ4n) is 4.06. The van der Waals surface area contributed by atoms with E-state index in [0.29, 0.717) is 5.69 Å². The van der Waals surface area contributed by atoms with Crippen molar-refractivity contribution in [2.45, 2.75) is 28.3 Å². The van der Waals surface area contributed by atoms with Crippen molar-refractivity contribution in [3.63, 3.8) is 0 Å². The first kappa shape index (κ1) is 26.0. The molecule has 198 valence electrons. The SMILES string of the molecule is O=C1CC(C(=O)Nc2ccccc2Sc2ccccc2)c2c(nc(Nc3cccc(C(F)(F)F)c3)[nH]c2=O)N1. The van der Waals surface area contributed by atoms with Crippen LogP contribution in [0.3, 0.4) is 0 Å². The predicted molar refractivity (Wildman–Crippen MR) is 141 cm³/mol. The Morgan fingerprint density at radius 2 is 1.72 bits per heavy atom. The number of aromatic nitrogens is 2. The third-order valence-electron chi connectivity index (χ3n) is 5.84. The van der Waals surface area contributed by atoms with Gasteiger partial charge in [0.05, 0.1) is 22.7 Å². The maximum Gasteiger partial charge on any atom is 0.416 e. The van der Waals surface area contributed by atoms with E-state index < -0.39 is 35.0 Å². The van der Waals surface area contributed by atoms with E-state index in [1.807, 2.05) is 42.5 Å². The van der Waals surface area contributed by atoms with Crippen LogP contribution < -0.4 is 21.5 Å². The van der Waals surface area contributed by atoms with Crippen LogP contribution in [0.25, 0.3) is 0 Å². The number of aromatic amines is 1. The maximum absolute atomic E-state index is 13.3. The van der Waals surface area contributed by atoms with E-state index in [0.717, 1.165) is 21.9 Å². The summed E-state index contributed by atoms with van der Waals surface area (Å²) >= 11 is 1.44. The average molecular weight is 552 g/mol. The molecule has 1 aromatic heterocycles. The maximum atomic E-state index is 13.3. The van der Waals surface area contributed by atoms with Crippen molar-refractivity contribution in [2.24, 2.45) is 0 Å². The van der Waals surface area contributed by atoms with Gasteiger partial charge in [0.1, 0.15) is 5.82 Å². The van der Waals surface area contributed by atoms with Gasteiger partial charge in [0, 0.05) is 21.9 Å². The summed E-state index contributed by atoms with van der Waals surface area (Å²) in [5, 5.41) is 7.92. The molecule has 1 atom stereocenters. The summed E-state index contributed by atoms with van der Waals surface area (Å²) in [4.78, 5) is 47.2. The molecule has 0 saturated heterocycles. The summed E-state index contributed by atoms with van der Waals surface area (Å²) in [6.45, 7) is 0. The molecule has 8 nitrogen and oxygen atoms in total. The van der Waals surface area contributed by atoms with Gasteiger partial charge in [-0.2, -0.15) is 18.2 Å². The van der Waals surface area contributed by atoms with Crippen molar-refractivity contribution in [3.05, 3.63) is 100 Å². The molecule has 5 rings (SSSR count). The number of halogens is 3. The van der Waals surface area contributed by atoms with Gasteiger partial charge in [-0.15, -0.1) is 0 Å². The van der Waals surface area contributed by atoms with Crippen LogP contribution in [0.15, 0.2) is 93.4 Å². The number of alkyl halides is 3. The third-order valence-corrected chi connectivity index (χ3v) is 6.92. The Balaban J connectivity index is 1.40. The van der Waals surface area contributed by atoms with Crippen LogP contribution in [0.1, 0.15) is 23.5 Å². The molecule has 12 heteroatoms. The van der Waals surface area contributed by atoms with Crippen molar-refractivity contribution < 1.29 is 22.8 Å². The molecule has 0 saturated carbocycles. The van der Waals surface area contributed by atoms with Crippen molar-refractivity contribution in [3.8, 4) is 0 Å². The van der Waals surface area contributed by atoms with Crippen molar-refractivity contribution in [1.29, 1.82) is 0 Å². The zero-order valence-corrected chi connectivity index (χ0v) is 20.8. The lowest BCUT2D eigenvalue weighted by atomic mass is 9.92. The third kappa shape index (κ3) is 5.96. The predicted octanol–water partition coefficient (Wildman–Crippen LogP) is 5.75. The number of H-pyrrole nitrogens is 1. The zero-order chi connectivity index (χ0) is 27.6. The van der Waals surface area contributed by atoms with Gasteiger partial charge in [0.2, 0.25) is 17.8 Å². The highest BCUT2D eigenvalue weighted by molar-refractivity contribution is 7.99. The minimum atomic E-state index is -4.55. The summed E-state index contributed by atoms with van der Waals surface area (Å²) in [6.07, 6.45) is -4.83. The van der Waals surface area contributed by atoms with Gasteiger partial charge in [-0.05, 0) is 42.5 Å². The number of amides is 2. The summed E-state index contributed by atoms with van der Waals surface area (Å²) < 4.78 is 39.2. The van der Waals surface area contributed by atoms with Crippen LogP contribution >= 0.6 is 11.8 Å². The Morgan fingerprint density at radius 1 is 0.974 bits per heavy atom. The van der Waals surface area contributed by atoms with E-state index >= 15 is 0 Å². The first-order valence-electron chi connectivity index (χ1n) is 11.7. The lowest BCUT2D eigenvalue weighted by Crippen LogP contribution is -2.36. The summed E-state index contributed by atoms with van der Waals surface area (Å²) in [5.41, 5.74) is -1.10. The normalized spacial score (nSPS) is 14.7. The van der Waals surface area contributed by atoms with E-state index in [-0.39, 0.29) is 29.4 Å². The topological polar surface area (TPSA) is 116 Å². The molecule has 2 amide bonds. The Bertz CT molecular complexity index is 1610. The number of carbonyl (C=O) groups is 2. The number of hydrogen-bond donors (Lipinski definition) is 4. The molecule has 39 heavy (non-hydrogen) atoms. The molecule has 2 heterocycles. The number of fused-ring (bicyclic) bond motifs is 1. The minimum absolute atomic E-state index is 0.0249. The van der Waals surface area contributed by atoms with E-state index in [9.17, 15) is 27.6 Å². The van der Waals surface area contributed by atoms with Crippen LogP contribution in [-0.4, -0.2) is 21.8 Å². The molecular weight excluding hydrogens is 531 g/mol. The van der Waals surface area contributed by atoms with Crippen LogP contribution in [-0.2, 0) is 15.8 Å². The second-order valence-electron chi connectivity index (χ2n) is 8.59. The Labute approximate surface area is 224 Å². The Hall–Kier alpha value is -4.58. The van der Waals surface area contributed by atoms with Gasteiger partial charge in [0.15, 0.2) is 0 Å². The molecule has 4 N–H and O–H groups in total. The second-order valence-corrected chi connectivity index (χ2v) is 9.70. The molecule has 0 aliphatic carbocycles. The average Bonchev–Trinajstić information content (AvgIpc) is 2.89. The standard InChI is InChI=1S/C27H20F3N5O3S/c28-27(29,30)15-7-6-8-16(13-15)31-26-34-23-22(25(38)35-26)18(14-21(36)33-23)24(37)32-19-11-4-5-12-20(19)39-17-9-2-1-3-10-17/h1-13,18H,14H2,(H,32,37)(H3,31,33,34,35,36,38). The fourth-order valence-corrected chi connectivity index (χ4v) is 4.98. The smallest absolute Gasteiger partial charge is 0.326 e. The van der Waals surface area contributed by atoms with E-state index in [1.54, 1.807) is 12.1 Å². The van der Waals surface area contributed by atoms with Crippen LogP contribution in [0.5, 0.6) is 0 Å². The molecule has 3 aromatic carbocycles. The number of rotatable bonds is 6. The fraction of sp³-hybridized carbons (Fsp3) is 0.111. The monoisotopic (exact) mass is 551 g/mol. The number of nitrogens with one attached hydrogen (secondary N) is 4. The molecule has 0 spiro atoms. The quantitative estimate of drug-likeness (QED) is 0.243.